The Morgan fingerprint density at radius 3 is 2.29 bits per heavy atom. The largest absolute Gasteiger partial charge is 0.366 e. The van der Waals surface area contributed by atoms with Gasteiger partial charge in [-0.05, 0) is 24.6 Å². The number of nitrogens with one attached hydrogen (secondary N) is 1. The van der Waals surface area contributed by atoms with Crippen molar-refractivity contribution in [2.75, 3.05) is 6.54 Å². The SMILES string of the molecule is CCCCCCCCCCNCc1ccccc1C(N)=O. The molecule has 118 valence electrons. The zero-order valence-corrected chi connectivity index (χ0v) is 13.4. The first kappa shape index (κ1) is 17.7. The van der Waals surface area contributed by atoms with Crippen LogP contribution in [0.5, 0.6) is 0 Å². The minimum Gasteiger partial charge on any atom is -0.366 e. The van der Waals surface area contributed by atoms with Gasteiger partial charge >= 0.3 is 0 Å². The first-order valence-electron chi connectivity index (χ1n) is 8.34. The summed E-state index contributed by atoms with van der Waals surface area (Å²) in [6, 6.07) is 7.54. The second kappa shape index (κ2) is 11.3. The zero-order valence-electron chi connectivity index (χ0n) is 13.4. The van der Waals surface area contributed by atoms with Crippen LogP contribution in [0.15, 0.2) is 24.3 Å². The molecule has 0 bridgehead atoms. The van der Waals surface area contributed by atoms with E-state index < -0.39 is 0 Å². The van der Waals surface area contributed by atoms with E-state index in [2.05, 4.69) is 12.2 Å². The van der Waals surface area contributed by atoms with Gasteiger partial charge in [0, 0.05) is 12.1 Å². The molecule has 0 saturated heterocycles. The van der Waals surface area contributed by atoms with Crippen LogP contribution in [-0.4, -0.2) is 12.5 Å². The van der Waals surface area contributed by atoms with E-state index in [-0.39, 0.29) is 5.91 Å². The molecule has 0 heterocycles. The third kappa shape index (κ3) is 7.86. The van der Waals surface area contributed by atoms with E-state index in [4.69, 9.17) is 5.73 Å². The fourth-order valence-corrected chi connectivity index (χ4v) is 2.52. The highest BCUT2D eigenvalue weighted by molar-refractivity contribution is 5.94. The molecule has 0 aliphatic heterocycles. The van der Waals surface area contributed by atoms with Crippen LogP contribution < -0.4 is 11.1 Å². The van der Waals surface area contributed by atoms with Crippen molar-refractivity contribution < 1.29 is 4.79 Å². The van der Waals surface area contributed by atoms with Gasteiger partial charge in [0.25, 0.3) is 0 Å². The Morgan fingerprint density at radius 1 is 1.00 bits per heavy atom. The van der Waals surface area contributed by atoms with Gasteiger partial charge in [0.1, 0.15) is 0 Å². The molecule has 0 radical (unpaired) electrons. The standard InChI is InChI=1S/C18H30N2O/c1-2-3-4-5-6-7-8-11-14-20-15-16-12-9-10-13-17(16)18(19)21/h9-10,12-13,20H,2-8,11,14-15H2,1H3,(H2,19,21). The summed E-state index contributed by atoms with van der Waals surface area (Å²) < 4.78 is 0. The fourth-order valence-electron chi connectivity index (χ4n) is 2.52. The molecule has 0 aromatic heterocycles. The number of rotatable bonds is 12. The van der Waals surface area contributed by atoms with Crippen LogP contribution in [0.2, 0.25) is 0 Å². The number of unbranched alkanes of at least 4 members (excludes halogenated alkanes) is 7. The molecular formula is C18H30N2O. The molecule has 3 nitrogen and oxygen atoms in total. The van der Waals surface area contributed by atoms with Gasteiger partial charge in [0.2, 0.25) is 5.91 Å². The summed E-state index contributed by atoms with van der Waals surface area (Å²) in [6.45, 7) is 3.97. The number of carbonyl (C=O) groups is 1. The Labute approximate surface area is 129 Å². The molecule has 0 atom stereocenters. The molecule has 0 spiro atoms. The summed E-state index contributed by atoms with van der Waals surface area (Å²) in [5.74, 6) is -0.348. The third-order valence-corrected chi connectivity index (χ3v) is 3.81. The normalized spacial score (nSPS) is 10.7. The number of hydrogen-bond acceptors (Lipinski definition) is 2. The van der Waals surface area contributed by atoms with E-state index >= 15 is 0 Å². The van der Waals surface area contributed by atoms with Gasteiger partial charge in [0.05, 0.1) is 0 Å². The second-order valence-corrected chi connectivity index (χ2v) is 5.67. The minimum atomic E-state index is -0.348. The molecule has 3 N–H and O–H groups in total. The van der Waals surface area contributed by atoms with Gasteiger partial charge in [0.15, 0.2) is 0 Å². The Kier molecular flexibility index (Phi) is 9.55. The van der Waals surface area contributed by atoms with Crippen LogP contribution >= 0.6 is 0 Å². The summed E-state index contributed by atoms with van der Waals surface area (Å²) in [4.78, 5) is 11.3. The lowest BCUT2D eigenvalue weighted by Crippen LogP contribution is -2.19. The van der Waals surface area contributed by atoms with Gasteiger partial charge in [-0.1, -0.05) is 70.1 Å². The number of carbonyl (C=O) groups excluding carboxylic acids is 1. The first-order valence-corrected chi connectivity index (χ1v) is 8.34. The number of amides is 1. The molecule has 21 heavy (non-hydrogen) atoms. The summed E-state index contributed by atoms with van der Waals surface area (Å²) in [5, 5.41) is 3.40. The maximum Gasteiger partial charge on any atom is 0.249 e. The average Bonchev–Trinajstić information content (AvgIpc) is 2.49. The smallest absolute Gasteiger partial charge is 0.249 e. The molecular weight excluding hydrogens is 260 g/mol. The molecule has 3 heteroatoms. The van der Waals surface area contributed by atoms with Crippen molar-refractivity contribution in [3.05, 3.63) is 35.4 Å². The van der Waals surface area contributed by atoms with Gasteiger partial charge in [-0.2, -0.15) is 0 Å². The monoisotopic (exact) mass is 290 g/mol. The van der Waals surface area contributed by atoms with Crippen LogP contribution in [0.1, 0.15) is 74.2 Å². The number of benzene rings is 1. The van der Waals surface area contributed by atoms with E-state index in [9.17, 15) is 4.79 Å². The first-order chi connectivity index (χ1) is 10.3. The highest BCUT2D eigenvalue weighted by Crippen LogP contribution is 2.09. The van der Waals surface area contributed by atoms with Gasteiger partial charge < -0.3 is 11.1 Å². The van der Waals surface area contributed by atoms with Crippen LogP contribution in [0.4, 0.5) is 0 Å². The number of hydrogen-bond donors (Lipinski definition) is 2. The van der Waals surface area contributed by atoms with Crippen LogP contribution in [0, 0.1) is 0 Å². The van der Waals surface area contributed by atoms with Crippen molar-refractivity contribution in [2.45, 2.75) is 64.8 Å². The maximum atomic E-state index is 11.3. The Morgan fingerprint density at radius 2 is 1.62 bits per heavy atom. The Hall–Kier alpha value is -1.35. The summed E-state index contributed by atoms with van der Waals surface area (Å²) >= 11 is 0. The fraction of sp³-hybridized carbons (Fsp3) is 0.611. The van der Waals surface area contributed by atoms with E-state index in [0.29, 0.717) is 5.56 Å². The predicted octanol–water partition coefficient (Wildman–Crippen LogP) is 4.02. The van der Waals surface area contributed by atoms with Crippen molar-refractivity contribution in [1.29, 1.82) is 0 Å². The maximum absolute atomic E-state index is 11.3. The number of nitrogens with two attached hydrogens (primary N) is 1. The van der Waals surface area contributed by atoms with Crippen molar-refractivity contribution >= 4 is 5.91 Å². The molecule has 0 aliphatic rings. The van der Waals surface area contributed by atoms with E-state index in [0.717, 1.165) is 18.7 Å². The van der Waals surface area contributed by atoms with E-state index in [1.807, 2.05) is 18.2 Å². The van der Waals surface area contributed by atoms with Crippen molar-refractivity contribution in [3.8, 4) is 0 Å². The summed E-state index contributed by atoms with van der Waals surface area (Å²) in [5.41, 5.74) is 6.98. The third-order valence-electron chi connectivity index (χ3n) is 3.81. The molecule has 0 aliphatic carbocycles. The van der Waals surface area contributed by atoms with Crippen LogP contribution in [0.25, 0.3) is 0 Å². The average molecular weight is 290 g/mol. The topological polar surface area (TPSA) is 55.1 Å². The molecule has 1 rings (SSSR count). The highest BCUT2D eigenvalue weighted by atomic mass is 16.1. The van der Waals surface area contributed by atoms with Crippen molar-refractivity contribution in [3.63, 3.8) is 0 Å². The predicted molar refractivity (Wildman–Crippen MR) is 89.3 cm³/mol. The molecule has 1 aromatic rings. The molecule has 0 fully saturated rings. The van der Waals surface area contributed by atoms with Crippen LogP contribution in [-0.2, 0) is 6.54 Å². The molecule has 1 aromatic carbocycles. The minimum absolute atomic E-state index is 0.348. The molecule has 1 amide bonds. The van der Waals surface area contributed by atoms with Crippen molar-refractivity contribution in [1.82, 2.24) is 5.32 Å². The van der Waals surface area contributed by atoms with Crippen LogP contribution in [0.3, 0.4) is 0 Å². The molecule has 0 saturated carbocycles. The summed E-state index contributed by atoms with van der Waals surface area (Å²) in [7, 11) is 0. The van der Waals surface area contributed by atoms with E-state index in [1.54, 1.807) is 6.07 Å². The lowest BCUT2D eigenvalue weighted by Gasteiger charge is -2.08. The quantitative estimate of drug-likeness (QED) is 0.571. The van der Waals surface area contributed by atoms with Crippen molar-refractivity contribution in [2.24, 2.45) is 5.73 Å². The van der Waals surface area contributed by atoms with E-state index in [1.165, 1.54) is 51.4 Å². The van der Waals surface area contributed by atoms with Gasteiger partial charge in [-0.3, -0.25) is 4.79 Å². The van der Waals surface area contributed by atoms with Gasteiger partial charge in [-0.25, -0.2) is 0 Å². The summed E-state index contributed by atoms with van der Waals surface area (Å²) in [6.07, 6.45) is 10.7. The zero-order chi connectivity index (χ0) is 15.3. The highest BCUT2D eigenvalue weighted by Gasteiger charge is 2.05. The lowest BCUT2D eigenvalue weighted by molar-refractivity contribution is 0.0999. The second-order valence-electron chi connectivity index (χ2n) is 5.67. The van der Waals surface area contributed by atoms with Gasteiger partial charge in [-0.15, -0.1) is 0 Å². The lowest BCUT2D eigenvalue weighted by atomic mass is 10.1. The Balaban J connectivity index is 2.06. The number of primary amides is 1. The molecule has 0 unspecified atom stereocenters. The Bertz CT molecular complexity index is 404.